The highest BCUT2D eigenvalue weighted by molar-refractivity contribution is 7.26. The molecule has 0 saturated heterocycles. The van der Waals surface area contributed by atoms with Crippen molar-refractivity contribution in [2.24, 2.45) is 0 Å². The molecule has 0 aliphatic heterocycles. The fourth-order valence-electron chi connectivity index (χ4n) is 8.25. The van der Waals surface area contributed by atoms with Crippen molar-refractivity contribution in [2.75, 3.05) is 4.90 Å². The molecule has 0 N–H and O–H groups in total. The van der Waals surface area contributed by atoms with Crippen molar-refractivity contribution < 1.29 is 0 Å². The second-order valence-corrected chi connectivity index (χ2v) is 16.3. The predicted octanol–water partition coefficient (Wildman–Crippen LogP) is 16.0. The van der Waals surface area contributed by atoms with Crippen molar-refractivity contribution in [2.45, 2.75) is 0 Å². The van der Waals surface area contributed by atoms with Crippen LogP contribution in [-0.4, -0.2) is 0 Å². The summed E-state index contributed by atoms with van der Waals surface area (Å²) in [5.41, 5.74) is 10.7. The molecule has 0 aliphatic carbocycles. The Balaban J connectivity index is 1.03. The molecular weight excluding hydrogens is 703 g/mol. The SMILES string of the molecule is c1cc(-c2cccc3sc4ccccc4c23)cc(N(c2ccc(-c3ccc4sc5ccccc5c4c3)cc2)c2ccc(-c3cccc4ccccc34)cc2)c1. The molecule has 2 heterocycles. The molecule has 0 unspecified atom stereocenters. The average molecular weight is 736 g/mol. The highest BCUT2D eigenvalue weighted by Crippen LogP contribution is 2.43. The average Bonchev–Trinajstić information content (AvgIpc) is 3.83. The zero-order chi connectivity index (χ0) is 36.3. The number of nitrogens with zero attached hydrogens (tertiary/aromatic N) is 1. The summed E-state index contributed by atoms with van der Waals surface area (Å²) in [4.78, 5) is 2.39. The van der Waals surface area contributed by atoms with Gasteiger partial charge in [0.15, 0.2) is 0 Å². The first-order valence-corrected chi connectivity index (χ1v) is 20.3. The molecule has 0 spiro atoms. The third-order valence-electron chi connectivity index (χ3n) is 10.9. The molecule has 55 heavy (non-hydrogen) atoms. The second kappa shape index (κ2) is 13.1. The Kier molecular flexibility index (Phi) is 7.61. The largest absolute Gasteiger partial charge is 0.310 e. The molecule has 3 heteroatoms. The summed E-state index contributed by atoms with van der Waals surface area (Å²) in [5.74, 6) is 0. The Morgan fingerprint density at radius 2 is 0.855 bits per heavy atom. The first kappa shape index (κ1) is 32.0. The molecule has 1 nitrogen and oxygen atoms in total. The molecule has 0 atom stereocenters. The van der Waals surface area contributed by atoms with Crippen molar-refractivity contribution in [1.82, 2.24) is 0 Å². The van der Waals surface area contributed by atoms with Gasteiger partial charge in [-0.25, -0.2) is 0 Å². The molecule has 0 fully saturated rings. The number of anilines is 3. The molecule has 2 aromatic heterocycles. The Bertz CT molecular complexity index is 3200. The van der Waals surface area contributed by atoms with E-state index < -0.39 is 0 Å². The highest BCUT2D eigenvalue weighted by atomic mass is 32.1. The minimum absolute atomic E-state index is 1.11. The van der Waals surface area contributed by atoms with E-state index in [4.69, 9.17) is 0 Å². The van der Waals surface area contributed by atoms with Gasteiger partial charge in [0, 0.05) is 57.4 Å². The van der Waals surface area contributed by atoms with E-state index in [9.17, 15) is 0 Å². The van der Waals surface area contributed by atoms with Crippen molar-refractivity contribution in [3.05, 3.63) is 200 Å². The lowest BCUT2D eigenvalue weighted by molar-refractivity contribution is 1.28. The van der Waals surface area contributed by atoms with Crippen LogP contribution in [0.1, 0.15) is 0 Å². The van der Waals surface area contributed by atoms with Crippen molar-refractivity contribution in [1.29, 1.82) is 0 Å². The Labute approximate surface area is 327 Å². The van der Waals surface area contributed by atoms with E-state index in [2.05, 4.69) is 205 Å². The number of hydrogen-bond donors (Lipinski definition) is 0. The van der Waals surface area contributed by atoms with Crippen LogP contribution >= 0.6 is 22.7 Å². The van der Waals surface area contributed by atoms with Crippen LogP contribution in [0, 0.1) is 0 Å². The Hall–Kier alpha value is -6.52. The minimum atomic E-state index is 1.11. The Morgan fingerprint density at radius 1 is 0.291 bits per heavy atom. The van der Waals surface area contributed by atoms with Gasteiger partial charge in [-0.05, 0) is 111 Å². The molecule has 0 amide bonds. The van der Waals surface area contributed by atoms with Crippen LogP contribution in [0.4, 0.5) is 17.1 Å². The van der Waals surface area contributed by atoms with Crippen LogP contribution < -0.4 is 4.90 Å². The first-order chi connectivity index (χ1) is 27.2. The fourth-order valence-corrected chi connectivity index (χ4v) is 10.5. The number of fused-ring (bicyclic) bond motifs is 7. The van der Waals surface area contributed by atoms with Crippen molar-refractivity contribution in [3.63, 3.8) is 0 Å². The standard InChI is InChI=1S/C52H33NS2/c1-2-14-42-35(10-1)11-8-17-43(42)36-24-29-40(30-25-36)53(39-27-22-34(23-28-39)37-26-31-50-47(33-37)45-15-3-5-19-48(45)54-50)41-13-7-12-38(32-41)44-18-9-21-51-52(44)46-16-4-6-20-49(46)55-51/h1-33H. The minimum Gasteiger partial charge on any atom is -0.310 e. The van der Waals surface area contributed by atoms with Crippen LogP contribution in [0.15, 0.2) is 200 Å². The molecule has 0 saturated carbocycles. The van der Waals surface area contributed by atoms with Crippen LogP contribution in [0.5, 0.6) is 0 Å². The van der Waals surface area contributed by atoms with Gasteiger partial charge in [-0.3, -0.25) is 0 Å². The van der Waals surface area contributed by atoms with Gasteiger partial charge in [-0.2, -0.15) is 0 Å². The normalized spacial score (nSPS) is 11.6. The van der Waals surface area contributed by atoms with Gasteiger partial charge in [-0.15, -0.1) is 22.7 Å². The summed E-state index contributed by atoms with van der Waals surface area (Å²) in [6.45, 7) is 0. The second-order valence-electron chi connectivity index (χ2n) is 14.1. The maximum Gasteiger partial charge on any atom is 0.0467 e. The first-order valence-electron chi connectivity index (χ1n) is 18.7. The van der Waals surface area contributed by atoms with Gasteiger partial charge >= 0.3 is 0 Å². The van der Waals surface area contributed by atoms with E-state index in [-0.39, 0.29) is 0 Å². The Morgan fingerprint density at radius 3 is 1.67 bits per heavy atom. The number of thiophene rings is 2. The molecule has 9 aromatic carbocycles. The van der Waals surface area contributed by atoms with Crippen molar-refractivity contribution >= 4 is 90.9 Å². The summed E-state index contributed by atoms with van der Waals surface area (Å²) in [7, 11) is 0. The van der Waals surface area contributed by atoms with Crippen molar-refractivity contribution in [3.8, 4) is 33.4 Å². The predicted molar refractivity (Wildman–Crippen MR) is 241 cm³/mol. The van der Waals surface area contributed by atoms with Gasteiger partial charge in [0.05, 0.1) is 0 Å². The van der Waals surface area contributed by atoms with Crippen LogP contribution in [0.25, 0.3) is 84.5 Å². The lowest BCUT2D eigenvalue weighted by Crippen LogP contribution is -2.10. The monoisotopic (exact) mass is 735 g/mol. The quantitative estimate of drug-likeness (QED) is 0.164. The van der Waals surface area contributed by atoms with Gasteiger partial charge in [0.1, 0.15) is 0 Å². The molecule has 258 valence electrons. The van der Waals surface area contributed by atoms with E-state index in [1.807, 2.05) is 22.7 Å². The molecular formula is C52H33NS2. The van der Waals surface area contributed by atoms with Gasteiger partial charge in [0.2, 0.25) is 0 Å². The lowest BCUT2D eigenvalue weighted by Gasteiger charge is -2.26. The summed E-state index contributed by atoms with van der Waals surface area (Å²) in [5, 5.41) is 7.80. The van der Waals surface area contributed by atoms with E-state index >= 15 is 0 Å². The van der Waals surface area contributed by atoms with Gasteiger partial charge in [-0.1, -0.05) is 133 Å². The fraction of sp³-hybridized carbons (Fsp3) is 0. The number of hydrogen-bond acceptors (Lipinski definition) is 3. The van der Waals surface area contributed by atoms with Crippen LogP contribution in [-0.2, 0) is 0 Å². The van der Waals surface area contributed by atoms with E-state index in [0.29, 0.717) is 0 Å². The number of benzene rings is 9. The topological polar surface area (TPSA) is 3.24 Å². The molecule has 11 rings (SSSR count). The molecule has 0 aliphatic rings. The number of rotatable bonds is 6. The van der Waals surface area contributed by atoms with Crippen LogP contribution in [0.2, 0.25) is 0 Å². The summed E-state index contributed by atoms with van der Waals surface area (Å²) in [6, 6.07) is 73.4. The summed E-state index contributed by atoms with van der Waals surface area (Å²) in [6.07, 6.45) is 0. The zero-order valence-corrected chi connectivity index (χ0v) is 31.4. The lowest BCUT2D eigenvalue weighted by atomic mass is 9.97. The van der Waals surface area contributed by atoms with E-state index in [0.717, 1.165) is 17.1 Å². The van der Waals surface area contributed by atoms with Gasteiger partial charge < -0.3 is 4.90 Å². The summed E-state index contributed by atoms with van der Waals surface area (Å²) >= 11 is 3.73. The third kappa shape index (κ3) is 5.51. The summed E-state index contributed by atoms with van der Waals surface area (Å²) < 4.78 is 5.29. The highest BCUT2D eigenvalue weighted by Gasteiger charge is 2.17. The smallest absolute Gasteiger partial charge is 0.0467 e. The van der Waals surface area contributed by atoms with E-state index in [1.165, 1.54) is 84.5 Å². The third-order valence-corrected chi connectivity index (χ3v) is 13.2. The van der Waals surface area contributed by atoms with Gasteiger partial charge in [0.25, 0.3) is 0 Å². The molecule has 11 aromatic rings. The maximum atomic E-state index is 2.39. The molecule has 0 bridgehead atoms. The zero-order valence-electron chi connectivity index (χ0n) is 29.8. The maximum absolute atomic E-state index is 2.39. The van der Waals surface area contributed by atoms with E-state index in [1.54, 1.807) is 0 Å². The van der Waals surface area contributed by atoms with Crippen LogP contribution in [0.3, 0.4) is 0 Å². The molecule has 0 radical (unpaired) electrons.